The van der Waals surface area contributed by atoms with Gasteiger partial charge in [-0.15, -0.1) is 0 Å². The molecular formula is C14H20ClN3O. The third-order valence-electron chi connectivity index (χ3n) is 3.58. The zero-order valence-electron chi connectivity index (χ0n) is 11.2. The number of pyridine rings is 1. The zero-order chi connectivity index (χ0) is 13.7. The Kier molecular flexibility index (Phi) is 5.16. The van der Waals surface area contributed by atoms with Gasteiger partial charge in [-0.1, -0.05) is 24.4 Å². The van der Waals surface area contributed by atoms with Gasteiger partial charge < -0.3 is 5.32 Å². The van der Waals surface area contributed by atoms with Crippen LogP contribution in [0.15, 0.2) is 18.3 Å². The highest BCUT2D eigenvalue weighted by Crippen LogP contribution is 2.19. The number of anilines is 1. The maximum atomic E-state index is 12.2. The fourth-order valence-electron chi connectivity index (χ4n) is 2.36. The molecule has 2 heterocycles. The zero-order valence-corrected chi connectivity index (χ0v) is 12.0. The summed E-state index contributed by atoms with van der Waals surface area (Å²) in [5.41, 5.74) is 0.579. The van der Waals surface area contributed by atoms with E-state index in [1.165, 1.54) is 25.7 Å². The number of hydrogen-bond acceptors (Lipinski definition) is 3. The molecule has 0 aliphatic carbocycles. The molecule has 1 unspecified atom stereocenters. The van der Waals surface area contributed by atoms with Gasteiger partial charge in [0.1, 0.15) is 0 Å². The number of nitrogens with one attached hydrogen (secondary N) is 1. The molecule has 2 rings (SSSR count). The Morgan fingerprint density at radius 2 is 2.05 bits per heavy atom. The summed E-state index contributed by atoms with van der Waals surface area (Å²) >= 11 is 5.95. The highest BCUT2D eigenvalue weighted by atomic mass is 35.5. The molecule has 1 fully saturated rings. The van der Waals surface area contributed by atoms with Crippen LogP contribution < -0.4 is 5.32 Å². The number of amides is 1. The van der Waals surface area contributed by atoms with Crippen molar-refractivity contribution in [1.29, 1.82) is 0 Å². The Balaban J connectivity index is 1.97. The van der Waals surface area contributed by atoms with Crippen molar-refractivity contribution < 1.29 is 4.79 Å². The first-order chi connectivity index (χ1) is 9.18. The van der Waals surface area contributed by atoms with Crippen molar-refractivity contribution in [2.24, 2.45) is 0 Å². The van der Waals surface area contributed by atoms with E-state index in [1.54, 1.807) is 18.3 Å². The van der Waals surface area contributed by atoms with Gasteiger partial charge >= 0.3 is 0 Å². The lowest BCUT2D eigenvalue weighted by molar-refractivity contribution is -0.120. The van der Waals surface area contributed by atoms with Gasteiger partial charge in [-0.25, -0.2) is 4.98 Å². The smallest absolute Gasteiger partial charge is 0.241 e. The largest absolute Gasteiger partial charge is 0.322 e. The average Bonchev–Trinajstić information content (AvgIpc) is 2.69. The molecule has 5 heteroatoms. The van der Waals surface area contributed by atoms with E-state index in [0.29, 0.717) is 10.8 Å². The molecular weight excluding hydrogens is 262 g/mol. The summed E-state index contributed by atoms with van der Waals surface area (Å²) in [5, 5.41) is 3.18. The van der Waals surface area contributed by atoms with E-state index >= 15 is 0 Å². The summed E-state index contributed by atoms with van der Waals surface area (Å²) in [4.78, 5) is 18.4. The SMILES string of the molecule is CC(C(=O)Nc1cccnc1Cl)N1CCCCCC1. The Morgan fingerprint density at radius 1 is 1.37 bits per heavy atom. The normalized spacial score (nSPS) is 18.6. The van der Waals surface area contributed by atoms with Crippen LogP contribution in [-0.4, -0.2) is 34.9 Å². The third kappa shape index (κ3) is 3.91. The first-order valence-corrected chi connectivity index (χ1v) is 7.21. The maximum Gasteiger partial charge on any atom is 0.241 e. The lowest BCUT2D eigenvalue weighted by atomic mass is 10.2. The molecule has 0 aromatic carbocycles. The molecule has 19 heavy (non-hydrogen) atoms. The van der Waals surface area contributed by atoms with Crippen LogP contribution in [0.4, 0.5) is 5.69 Å². The highest BCUT2D eigenvalue weighted by Gasteiger charge is 2.22. The third-order valence-corrected chi connectivity index (χ3v) is 3.89. The van der Waals surface area contributed by atoms with Crippen molar-refractivity contribution in [3.05, 3.63) is 23.5 Å². The second kappa shape index (κ2) is 6.87. The van der Waals surface area contributed by atoms with E-state index < -0.39 is 0 Å². The summed E-state index contributed by atoms with van der Waals surface area (Å²) in [5.74, 6) is -0.0169. The average molecular weight is 282 g/mol. The summed E-state index contributed by atoms with van der Waals surface area (Å²) in [6.07, 6.45) is 6.48. The second-order valence-electron chi connectivity index (χ2n) is 4.96. The van der Waals surface area contributed by atoms with Gasteiger partial charge in [0.2, 0.25) is 5.91 Å². The van der Waals surface area contributed by atoms with E-state index in [-0.39, 0.29) is 11.9 Å². The summed E-state index contributed by atoms with van der Waals surface area (Å²) in [6.45, 7) is 3.94. The lowest BCUT2D eigenvalue weighted by Crippen LogP contribution is -2.42. The molecule has 0 radical (unpaired) electrons. The Morgan fingerprint density at radius 3 is 2.68 bits per heavy atom. The summed E-state index contributed by atoms with van der Waals surface area (Å²) < 4.78 is 0. The number of hydrogen-bond donors (Lipinski definition) is 1. The summed E-state index contributed by atoms with van der Waals surface area (Å²) in [6, 6.07) is 3.40. The molecule has 1 aliphatic rings. The van der Waals surface area contributed by atoms with Crippen molar-refractivity contribution in [2.75, 3.05) is 18.4 Å². The van der Waals surface area contributed by atoms with Crippen molar-refractivity contribution in [1.82, 2.24) is 9.88 Å². The number of aromatic nitrogens is 1. The van der Waals surface area contributed by atoms with Crippen molar-refractivity contribution in [3.63, 3.8) is 0 Å². The van der Waals surface area contributed by atoms with E-state index in [9.17, 15) is 4.79 Å². The number of likely N-dealkylation sites (tertiary alicyclic amines) is 1. The van der Waals surface area contributed by atoms with Gasteiger partial charge in [-0.05, 0) is 45.0 Å². The van der Waals surface area contributed by atoms with Crippen LogP contribution in [0.5, 0.6) is 0 Å². The lowest BCUT2D eigenvalue weighted by Gasteiger charge is -2.26. The van der Waals surface area contributed by atoms with Gasteiger partial charge in [-0.2, -0.15) is 0 Å². The molecule has 1 aromatic rings. The van der Waals surface area contributed by atoms with Crippen molar-refractivity contribution in [3.8, 4) is 0 Å². The molecule has 1 saturated heterocycles. The van der Waals surface area contributed by atoms with E-state index in [4.69, 9.17) is 11.6 Å². The molecule has 0 saturated carbocycles. The molecule has 0 bridgehead atoms. The van der Waals surface area contributed by atoms with Crippen LogP contribution in [0.25, 0.3) is 0 Å². The quantitative estimate of drug-likeness (QED) is 0.867. The number of carbonyl (C=O) groups excluding carboxylic acids is 1. The topological polar surface area (TPSA) is 45.2 Å². The van der Waals surface area contributed by atoms with Crippen LogP contribution in [-0.2, 0) is 4.79 Å². The maximum absolute atomic E-state index is 12.2. The predicted octanol–water partition coefficient (Wildman–Crippen LogP) is 2.94. The number of nitrogens with zero attached hydrogens (tertiary/aromatic N) is 2. The van der Waals surface area contributed by atoms with Crippen LogP contribution in [0.3, 0.4) is 0 Å². The van der Waals surface area contributed by atoms with Crippen LogP contribution in [0.1, 0.15) is 32.6 Å². The molecule has 0 spiro atoms. The van der Waals surface area contributed by atoms with Crippen LogP contribution in [0.2, 0.25) is 5.15 Å². The second-order valence-corrected chi connectivity index (χ2v) is 5.32. The minimum Gasteiger partial charge on any atom is -0.322 e. The van der Waals surface area contributed by atoms with E-state index in [2.05, 4.69) is 15.2 Å². The standard InChI is InChI=1S/C14H20ClN3O/c1-11(18-9-4-2-3-5-10-18)14(19)17-12-7-6-8-16-13(12)15/h6-8,11H,2-5,9-10H2,1H3,(H,17,19). The van der Waals surface area contributed by atoms with Gasteiger partial charge in [0.05, 0.1) is 11.7 Å². The van der Waals surface area contributed by atoms with Crippen LogP contribution in [0, 0.1) is 0 Å². The first-order valence-electron chi connectivity index (χ1n) is 6.84. The van der Waals surface area contributed by atoms with E-state index in [1.807, 2.05) is 6.92 Å². The van der Waals surface area contributed by atoms with Crippen molar-refractivity contribution in [2.45, 2.75) is 38.6 Å². The molecule has 1 atom stereocenters. The monoisotopic (exact) mass is 281 g/mol. The molecule has 1 aliphatic heterocycles. The highest BCUT2D eigenvalue weighted by molar-refractivity contribution is 6.32. The Bertz CT molecular complexity index is 430. The van der Waals surface area contributed by atoms with Gasteiger partial charge in [0.25, 0.3) is 0 Å². The van der Waals surface area contributed by atoms with Gasteiger partial charge in [-0.3, -0.25) is 9.69 Å². The van der Waals surface area contributed by atoms with E-state index in [0.717, 1.165) is 13.1 Å². The molecule has 1 amide bonds. The fourth-order valence-corrected chi connectivity index (χ4v) is 2.53. The minimum absolute atomic E-state index is 0.0169. The first kappa shape index (κ1) is 14.3. The summed E-state index contributed by atoms with van der Waals surface area (Å²) in [7, 11) is 0. The Hall–Kier alpha value is -1.13. The van der Waals surface area contributed by atoms with Crippen molar-refractivity contribution >= 4 is 23.2 Å². The molecule has 1 aromatic heterocycles. The van der Waals surface area contributed by atoms with Gasteiger partial charge in [0.15, 0.2) is 5.15 Å². The predicted molar refractivity (Wildman–Crippen MR) is 77.4 cm³/mol. The number of carbonyl (C=O) groups is 1. The fraction of sp³-hybridized carbons (Fsp3) is 0.571. The molecule has 4 nitrogen and oxygen atoms in total. The number of rotatable bonds is 3. The number of halogens is 1. The van der Waals surface area contributed by atoms with Crippen LogP contribution >= 0.6 is 11.6 Å². The molecule has 1 N–H and O–H groups in total. The Labute approximate surface area is 119 Å². The van der Waals surface area contributed by atoms with Gasteiger partial charge in [0, 0.05) is 6.20 Å². The minimum atomic E-state index is -0.130. The molecule has 104 valence electrons.